The van der Waals surface area contributed by atoms with Crippen LogP contribution in [0.5, 0.6) is 0 Å². The van der Waals surface area contributed by atoms with Crippen LogP contribution >= 0.6 is 0 Å². The molecule has 0 saturated heterocycles. The Morgan fingerprint density at radius 3 is 2.76 bits per heavy atom. The lowest BCUT2D eigenvalue weighted by molar-refractivity contribution is -0.122. The van der Waals surface area contributed by atoms with Crippen LogP contribution in [0.1, 0.15) is 65.2 Å². The Labute approximate surface area is 128 Å². The molecule has 0 spiro atoms. The summed E-state index contributed by atoms with van der Waals surface area (Å²) in [6.07, 6.45) is 10.6. The molecule has 4 aliphatic rings. The summed E-state index contributed by atoms with van der Waals surface area (Å²) < 4.78 is 0. The van der Waals surface area contributed by atoms with Crippen LogP contribution in [0, 0.1) is 28.6 Å². The monoisotopic (exact) mass is 288 g/mol. The molecular formula is C19H28O2. The van der Waals surface area contributed by atoms with Gasteiger partial charge in [-0.25, -0.2) is 0 Å². The van der Waals surface area contributed by atoms with Crippen molar-refractivity contribution in [2.75, 3.05) is 0 Å². The highest BCUT2D eigenvalue weighted by Gasteiger charge is 2.58. The lowest BCUT2D eigenvalue weighted by Gasteiger charge is -2.57. The minimum Gasteiger partial charge on any atom is -0.393 e. The van der Waals surface area contributed by atoms with E-state index in [4.69, 9.17) is 0 Å². The fourth-order valence-corrected chi connectivity index (χ4v) is 6.45. The molecule has 4 aliphatic carbocycles. The summed E-state index contributed by atoms with van der Waals surface area (Å²) in [6, 6.07) is 0. The summed E-state index contributed by atoms with van der Waals surface area (Å²) in [5, 5.41) is 10.4. The molecule has 21 heavy (non-hydrogen) atoms. The van der Waals surface area contributed by atoms with Crippen molar-refractivity contribution in [1.82, 2.24) is 0 Å². The summed E-state index contributed by atoms with van der Waals surface area (Å²) in [6.45, 7) is 4.76. The van der Waals surface area contributed by atoms with Crippen molar-refractivity contribution in [2.45, 2.75) is 71.3 Å². The minimum atomic E-state index is -0.0884. The zero-order valence-corrected chi connectivity index (χ0v) is 13.4. The highest BCUT2D eigenvalue weighted by molar-refractivity contribution is 5.82. The van der Waals surface area contributed by atoms with Gasteiger partial charge in [0.15, 0.2) is 0 Å². The van der Waals surface area contributed by atoms with Gasteiger partial charge in [0.2, 0.25) is 0 Å². The molecule has 0 radical (unpaired) electrons. The topological polar surface area (TPSA) is 37.3 Å². The van der Waals surface area contributed by atoms with Crippen molar-refractivity contribution < 1.29 is 9.90 Å². The second kappa shape index (κ2) is 4.44. The van der Waals surface area contributed by atoms with Gasteiger partial charge in [-0.05, 0) is 67.1 Å². The first-order valence-electron chi connectivity index (χ1n) is 8.84. The number of rotatable bonds is 0. The van der Waals surface area contributed by atoms with E-state index in [1.165, 1.54) is 24.8 Å². The SMILES string of the molecule is C[C@]12CCC(=O)CC1=CC[C@@H]1[C@H]2CC[C@]2(C)C(O)CC[C@@H]12. The number of hydrogen-bond acceptors (Lipinski definition) is 2. The Morgan fingerprint density at radius 2 is 1.95 bits per heavy atom. The highest BCUT2D eigenvalue weighted by atomic mass is 16.3. The van der Waals surface area contributed by atoms with E-state index in [0.717, 1.165) is 37.5 Å². The van der Waals surface area contributed by atoms with Crippen LogP contribution in [0.2, 0.25) is 0 Å². The van der Waals surface area contributed by atoms with Gasteiger partial charge in [-0.2, -0.15) is 0 Å². The van der Waals surface area contributed by atoms with Crippen LogP contribution in [0.4, 0.5) is 0 Å². The van der Waals surface area contributed by atoms with Gasteiger partial charge in [0.05, 0.1) is 6.10 Å². The second-order valence-electron chi connectivity index (χ2n) is 8.61. The third-order valence-corrected chi connectivity index (χ3v) is 7.89. The third kappa shape index (κ3) is 1.78. The summed E-state index contributed by atoms with van der Waals surface area (Å²) >= 11 is 0. The molecule has 0 aromatic heterocycles. The summed E-state index contributed by atoms with van der Waals surface area (Å²) in [5.74, 6) is 2.62. The molecule has 0 bridgehead atoms. The molecule has 0 aliphatic heterocycles. The minimum absolute atomic E-state index is 0.0884. The standard InChI is InChI=1S/C19H28O2/c1-18-9-7-13(20)11-12(18)3-4-14-15-5-6-17(21)19(15,2)10-8-16(14)18/h3,14-17,21H,4-11H2,1-2H3/t14-,15-,16+,17?,18-,19-/m0/s1. The van der Waals surface area contributed by atoms with Gasteiger partial charge >= 0.3 is 0 Å². The van der Waals surface area contributed by atoms with Crippen LogP contribution in [-0.2, 0) is 4.79 Å². The maximum absolute atomic E-state index is 11.8. The van der Waals surface area contributed by atoms with Gasteiger partial charge in [0.25, 0.3) is 0 Å². The molecule has 116 valence electrons. The second-order valence-corrected chi connectivity index (χ2v) is 8.61. The Morgan fingerprint density at radius 1 is 1.14 bits per heavy atom. The molecule has 2 nitrogen and oxygen atoms in total. The zero-order chi connectivity index (χ0) is 14.8. The molecule has 4 rings (SSSR count). The van der Waals surface area contributed by atoms with Crippen LogP contribution in [0.15, 0.2) is 11.6 Å². The molecule has 3 fully saturated rings. The molecular weight excluding hydrogens is 260 g/mol. The molecule has 0 aromatic rings. The van der Waals surface area contributed by atoms with E-state index >= 15 is 0 Å². The van der Waals surface area contributed by atoms with Crippen LogP contribution in [0.25, 0.3) is 0 Å². The number of aliphatic hydroxyl groups excluding tert-OH is 1. The van der Waals surface area contributed by atoms with Gasteiger partial charge in [-0.1, -0.05) is 25.5 Å². The number of Topliss-reactive ketones (excluding diaryl/α,β-unsaturated/α-hetero) is 1. The van der Waals surface area contributed by atoms with Crippen molar-refractivity contribution >= 4 is 5.78 Å². The zero-order valence-electron chi connectivity index (χ0n) is 13.4. The summed E-state index contributed by atoms with van der Waals surface area (Å²) in [4.78, 5) is 11.8. The van der Waals surface area contributed by atoms with Crippen molar-refractivity contribution in [3.63, 3.8) is 0 Å². The Balaban J connectivity index is 1.69. The van der Waals surface area contributed by atoms with Crippen molar-refractivity contribution in [3.8, 4) is 0 Å². The van der Waals surface area contributed by atoms with E-state index < -0.39 is 0 Å². The summed E-state index contributed by atoms with van der Waals surface area (Å²) in [5.41, 5.74) is 1.88. The lowest BCUT2D eigenvalue weighted by Crippen LogP contribution is -2.50. The van der Waals surface area contributed by atoms with E-state index in [1.807, 2.05) is 0 Å². The fraction of sp³-hybridized carbons (Fsp3) is 0.842. The molecule has 0 aromatic carbocycles. The molecule has 2 heteroatoms. The quantitative estimate of drug-likeness (QED) is 0.687. The van der Waals surface area contributed by atoms with Gasteiger partial charge < -0.3 is 5.11 Å². The van der Waals surface area contributed by atoms with Gasteiger partial charge in [0, 0.05) is 12.8 Å². The lowest BCUT2D eigenvalue weighted by atomic mass is 9.48. The van der Waals surface area contributed by atoms with Crippen molar-refractivity contribution in [3.05, 3.63) is 11.6 Å². The van der Waals surface area contributed by atoms with E-state index in [9.17, 15) is 9.90 Å². The average Bonchev–Trinajstić information content (AvgIpc) is 2.76. The van der Waals surface area contributed by atoms with Gasteiger partial charge in [0.1, 0.15) is 5.78 Å². The molecule has 0 amide bonds. The van der Waals surface area contributed by atoms with E-state index in [0.29, 0.717) is 18.1 Å². The number of hydrogen-bond donors (Lipinski definition) is 1. The Bertz CT molecular complexity index is 508. The smallest absolute Gasteiger partial charge is 0.136 e. The average molecular weight is 288 g/mol. The largest absolute Gasteiger partial charge is 0.393 e. The predicted molar refractivity (Wildman–Crippen MR) is 82.7 cm³/mol. The third-order valence-electron chi connectivity index (χ3n) is 7.89. The first-order valence-corrected chi connectivity index (χ1v) is 8.84. The summed E-state index contributed by atoms with van der Waals surface area (Å²) in [7, 11) is 0. The molecule has 1 N–H and O–H groups in total. The fourth-order valence-electron chi connectivity index (χ4n) is 6.45. The first-order chi connectivity index (χ1) is 9.95. The molecule has 3 saturated carbocycles. The van der Waals surface area contributed by atoms with Crippen molar-refractivity contribution in [2.24, 2.45) is 28.6 Å². The maximum Gasteiger partial charge on any atom is 0.136 e. The number of aliphatic hydroxyl groups is 1. The maximum atomic E-state index is 11.8. The predicted octanol–water partition coefficient (Wildman–Crippen LogP) is 3.88. The molecule has 0 heterocycles. The number of allylic oxidation sites excluding steroid dienone is 2. The number of fused-ring (bicyclic) bond motifs is 5. The number of carbonyl (C=O) groups is 1. The van der Waals surface area contributed by atoms with Crippen LogP contribution in [0.3, 0.4) is 0 Å². The number of carbonyl (C=O) groups excluding carboxylic acids is 1. The van der Waals surface area contributed by atoms with Crippen molar-refractivity contribution in [1.29, 1.82) is 0 Å². The van der Waals surface area contributed by atoms with Crippen LogP contribution < -0.4 is 0 Å². The Kier molecular flexibility index (Phi) is 2.96. The van der Waals surface area contributed by atoms with E-state index in [-0.39, 0.29) is 16.9 Å². The first kappa shape index (κ1) is 14.0. The van der Waals surface area contributed by atoms with Crippen LogP contribution in [-0.4, -0.2) is 17.0 Å². The van der Waals surface area contributed by atoms with E-state index in [1.54, 1.807) is 0 Å². The number of ketones is 1. The molecule has 6 atom stereocenters. The van der Waals surface area contributed by atoms with Gasteiger partial charge in [-0.15, -0.1) is 0 Å². The highest BCUT2D eigenvalue weighted by Crippen LogP contribution is 2.64. The molecule has 1 unspecified atom stereocenters. The van der Waals surface area contributed by atoms with Gasteiger partial charge in [-0.3, -0.25) is 4.79 Å². The normalized spacial score (nSPS) is 52.7. The van der Waals surface area contributed by atoms with E-state index in [2.05, 4.69) is 19.9 Å². The Hall–Kier alpha value is -0.630.